The van der Waals surface area contributed by atoms with Crippen molar-refractivity contribution >= 4 is 12.0 Å². The smallest absolute Gasteiger partial charge is 0.145 e. The Labute approximate surface area is 102 Å². The van der Waals surface area contributed by atoms with Crippen molar-refractivity contribution in [1.29, 1.82) is 0 Å². The van der Waals surface area contributed by atoms with Gasteiger partial charge in [0.1, 0.15) is 17.8 Å². The number of carbonyl (C=O) groups is 1. The highest BCUT2D eigenvalue weighted by atomic mass is 16.5. The molecule has 1 rings (SSSR count). The summed E-state index contributed by atoms with van der Waals surface area (Å²) in [6.45, 7) is 4.29. The topological polar surface area (TPSA) is 38.8 Å². The number of nitrogens with zero attached hydrogens (tertiary/aromatic N) is 1. The lowest BCUT2D eigenvalue weighted by Gasteiger charge is -2.23. The first-order chi connectivity index (χ1) is 8.06. The van der Waals surface area contributed by atoms with E-state index < -0.39 is 0 Å². The van der Waals surface area contributed by atoms with Gasteiger partial charge in [-0.2, -0.15) is 0 Å². The molecule has 0 amide bonds. The van der Waals surface area contributed by atoms with Crippen molar-refractivity contribution in [3.8, 4) is 11.5 Å². The molecule has 4 heteroatoms. The minimum Gasteiger partial charge on any atom is -0.496 e. The molecule has 0 N–H and O–H groups in total. The zero-order valence-electron chi connectivity index (χ0n) is 11.0. The van der Waals surface area contributed by atoms with Gasteiger partial charge in [0.05, 0.1) is 26.5 Å². The van der Waals surface area contributed by atoms with Gasteiger partial charge in [-0.15, -0.1) is 0 Å². The van der Waals surface area contributed by atoms with Crippen molar-refractivity contribution in [2.24, 2.45) is 0 Å². The van der Waals surface area contributed by atoms with E-state index in [4.69, 9.17) is 9.47 Å². The highest BCUT2D eigenvalue weighted by Crippen LogP contribution is 2.38. The predicted octanol–water partition coefficient (Wildman–Crippen LogP) is 1.96. The van der Waals surface area contributed by atoms with Crippen molar-refractivity contribution in [2.45, 2.75) is 13.8 Å². The second kappa shape index (κ2) is 5.57. The normalized spacial score (nSPS) is 9.94. The molecule has 0 bridgehead atoms. The molecule has 0 unspecified atom stereocenters. The molecule has 1 aromatic carbocycles. The lowest BCUT2D eigenvalue weighted by molar-refractivity contribution is -0.106. The van der Waals surface area contributed by atoms with Gasteiger partial charge < -0.3 is 19.2 Å². The van der Waals surface area contributed by atoms with Gasteiger partial charge in [-0.1, -0.05) is 0 Å². The van der Waals surface area contributed by atoms with E-state index in [2.05, 4.69) is 0 Å². The Bertz CT molecular complexity index is 416. The minimum atomic E-state index is 0.321. The number of carbonyl (C=O) groups excluding carboxylic acids is 1. The second-order valence-electron chi connectivity index (χ2n) is 3.93. The molecule has 0 fully saturated rings. The predicted molar refractivity (Wildman–Crippen MR) is 68.4 cm³/mol. The number of aldehydes is 1. The van der Waals surface area contributed by atoms with Crippen LogP contribution in [0.25, 0.3) is 0 Å². The van der Waals surface area contributed by atoms with Crippen LogP contribution in [0, 0.1) is 13.8 Å². The third kappa shape index (κ3) is 2.52. The van der Waals surface area contributed by atoms with Gasteiger partial charge in [-0.3, -0.25) is 0 Å². The van der Waals surface area contributed by atoms with Crippen molar-refractivity contribution in [3.63, 3.8) is 0 Å². The van der Waals surface area contributed by atoms with Crippen LogP contribution >= 0.6 is 0 Å². The van der Waals surface area contributed by atoms with Gasteiger partial charge in [0.15, 0.2) is 0 Å². The van der Waals surface area contributed by atoms with E-state index in [9.17, 15) is 4.79 Å². The molecule has 0 aromatic heterocycles. The molecular weight excluding hydrogens is 218 g/mol. The standard InChI is InChI=1S/C13H19NO3/c1-9-10(2)13(17-5)11(8-12(9)16-4)14(3)6-7-15/h7-8H,6H2,1-5H3. The molecule has 0 spiro atoms. The first kappa shape index (κ1) is 13.4. The Morgan fingerprint density at radius 3 is 2.35 bits per heavy atom. The summed E-state index contributed by atoms with van der Waals surface area (Å²) in [5, 5.41) is 0. The van der Waals surface area contributed by atoms with E-state index in [1.165, 1.54) is 0 Å². The van der Waals surface area contributed by atoms with Gasteiger partial charge >= 0.3 is 0 Å². The number of anilines is 1. The Kier molecular flexibility index (Phi) is 4.37. The first-order valence-corrected chi connectivity index (χ1v) is 5.43. The molecule has 0 heterocycles. The largest absolute Gasteiger partial charge is 0.496 e. The number of hydrogen-bond donors (Lipinski definition) is 0. The summed E-state index contributed by atoms with van der Waals surface area (Å²) < 4.78 is 10.7. The molecule has 0 saturated heterocycles. The van der Waals surface area contributed by atoms with Gasteiger partial charge in [0, 0.05) is 13.1 Å². The van der Waals surface area contributed by atoms with Gasteiger partial charge in [-0.05, 0) is 25.0 Å². The zero-order chi connectivity index (χ0) is 13.0. The van der Waals surface area contributed by atoms with Crippen LogP contribution in [0.5, 0.6) is 11.5 Å². The Morgan fingerprint density at radius 1 is 1.24 bits per heavy atom. The molecule has 17 heavy (non-hydrogen) atoms. The Hall–Kier alpha value is -1.71. The fourth-order valence-corrected chi connectivity index (χ4v) is 1.81. The molecule has 0 aliphatic carbocycles. The van der Waals surface area contributed by atoms with Crippen LogP contribution < -0.4 is 14.4 Å². The fourth-order valence-electron chi connectivity index (χ4n) is 1.81. The van der Waals surface area contributed by atoms with Crippen molar-refractivity contribution < 1.29 is 14.3 Å². The number of benzene rings is 1. The van der Waals surface area contributed by atoms with E-state index in [-0.39, 0.29) is 0 Å². The van der Waals surface area contributed by atoms with Crippen LogP contribution in [-0.4, -0.2) is 34.1 Å². The quantitative estimate of drug-likeness (QED) is 0.734. The number of likely N-dealkylation sites (N-methyl/N-ethyl adjacent to an activating group) is 1. The van der Waals surface area contributed by atoms with E-state index in [0.717, 1.165) is 34.6 Å². The SMILES string of the molecule is COc1cc(N(C)CC=O)c(OC)c(C)c1C. The van der Waals surface area contributed by atoms with E-state index in [1.807, 2.05) is 31.9 Å². The monoisotopic (exact) mass is 237 g/mol. The average Bonchev–Trinajstić information content (AvgIpc) is 2.32. The van der Waals surface area contributed by atoms with Crippen molar-refractivity contribution in [3.05, 3.63) is 17.2 Å². The maximum atomic E-state index is 10.6. The number of rotatable bonds is 5. The average molecular weight is 237 g/mol. The molecule has 0 atom stereocenters. The zero-order valence-corrected chi connectivity index (χ0v) is 11.0. The number of methoxy groups -OCH3 is 2. The van der Waals surface area contributed by atoms with Crippen LogP contribution in [0.2, 0.25) is 0 Å². The van der Waals surface area contributed by atoms with Crippen LogP contribution in [0.4, 0.5) is 5.69 Å². The summed E-state index contributed by atoms with van der Waals surface area (Å²) in [6.07, 6.45) is 0.862. The van der Waals surface area contributed by atoms with Crippen LogP contribution in [0.3, 0.4) is 0 Å². The summed E-state index contributed by atoms with van der Waals surface area (Å²) in [4.78, 5) is 12.4. The third-order valence-electron chi connectivity index (χ3n) is 2.96. The van der Waals surface area contributed by atoms with E-state index in [1.54, 1.807) is 14.2 Å². The third-order valence-corrected chi connectivity index (χ3v) is 2.96. The maximum absolute atomic E-state index is 10.6. The van der Waals surface area contributed by atoms with Crippen LogP contribution in [0.1, 0.15) is 11.1 Å². The highest BCUT2D eigenvalue weighted by Gasteiger charge is 2.16. The molecule has 0 aliphatic heterocycles. The van der Waals surface area contributed by atoms with Crippen molar-refractivity contribution in [2.75, 3.05) is 32.7 Å². The summed E-state index contributed by atoms with van der Waals surface area (Å²) >= 11 is 0. The lowest BCUT2D eigenvalue weighted by Crippen LogP contribution is -2.20. The van der Waals surface area contributed by atoms with Gasteiger partial charge in [0.2, 0.25) is 0 Å². The molecule has 94 valence electrons. The summed E-state index contributed by atoms with van der Waals surface area (Å²) in [7, 11) is 5.12. The van der Waals surface area contributed by atoms with Crippen LogP contribution in [-0.2, 0) is 4.79 Å². The fraction of sp³-hybridized carbons (Fsp3) is 0.462. The first-order valence-electron chi connectivity index (χ1n) is 5.43. The summed E-state index contributed by atoms with van der Waals surface area (Å²) in [6, 6.07) is 1.89. The molecule has 0 aliphatic rings. The van der Waals surface area contributed by atoms with Gasteiger partial charge in [0.25, 0.3) is 0 Å². The number of ether oxygens (including phenoxy) is 2. The molecule has 0 radical (unpaired) electrons. The number of hydrogen-bond acceptors (Lipinski definition) is 4. The highest BCUT2D eigenvalue weighted by molar-refractivity contribution is 5.70. The van der Waals surface area contributed by atoms with Crippen molar-refractivity contribution in [1.82, 2.24) is 0 Å². The molecule has 4 nitrogen and oxygen atoms in total. The summed E-state index contributed by atoms with van der Waals surface area (Å²) in [5.41, 5.74) is 2.94. The maximum Gasteiger partial charge on any atom is 0.145 e. The van der Waals surface area contributed by atoms with Gasteiger partial charge in [-0.25, -0.2) is 0 Å². The minimum absolute atomic E-state index is 0.321. The van der Waals surface area contributed by atoms with E-state index in [0.29, 0.717) is 6.54 Å². The van der Waals surface area contributed by atoms with Crippen LogP contribution in [0.15, 0.2) is 6.07 Å². The second-order valence-corrected chi connectivity index (χ2v) is 3.93. The molecular formula is C13H19NO3. The molecule has 1 aromatic rings. The summed E-state index contributed by atoms with van der Waals surface area (Å²) in [5.74, 6) is 1.59. The van der Waals surface area contributed by atoms with E-state index >= 15 is 0 Å². The lowest BCUT2D eigenvalue weighted by atomic mass is 10.1. The Balaban J connectivity index is 3.36. The Morgan fingerprint density at radius 2 is 1.88 bits per heavy atom. The molecule has 0 saturated carbocycles.